The van der Waals surface area contributed by atoms with E-state index in [1.54, 1.807) is 12.3 Å². The fourth-order valence-electron chi connectivity index (χ4n) is 3.88. The molecule has 4 rings (SSSR count). The van der Waals surface area contributed by atoms with E-state index >= 15 is 0 Å². The van der Waals surface area contributed by atoms with Gasteiger partial charge in [0.2, 0.25) is 5.88 Å². The molecule has 0 bridgehead atoms. The predicted octanol–water partition coefficient (Wildman–Crippen LogP) is 2.41. The Morgan fingerprint density at radius 2 is 2.15 bits per heavy atom. The second kappa shape index (κ2) is 7.60. The van der Waals surface area contributed by atoms with E-state index in [2.05, 4.69) is 15.0 Å². The smallest absolute Gasteiger partial charge is 0.272 e. The average molecular weight is 368 g/mol. The van der Waals surface area contributed by atoms with Gasteiger partial charge in [-0.2, -0.15) is 0 Å². The zero-order valence-electron chi connectivity index (χ0n) is 15.5. The lowest BCUT2D eigenvalue weighted by molar-refractivity contribution is -0.135. The van der Waals surface area contributed by atoms with E-state index in [0.717, 1.165) is 31.4 Å². The highest BCUT2D eigenvalue weighted by Gasteiger charge is 2.42. The van der Waals surface area contributed by atoms with Gasteiger partial charge in [0.15, 0.2) is 0 Å². The Bertz CT molecular complexity index is 791. The molecule has 2 saturated heterocycles. The molecule has 1 amide bonds. The maximum absolute atomic E-state index is 12.6. The maximum atomic E-state index is 12.6. The minimum Gasteiger partial charge on any atom is -0.474 e. The van der Waals surface area contributed by atoms with Gasteiger partial charge in [0.05, 0.1) is 12.2 Å². The summed E-state index contributed by atoms with van der Waals surface area (Å²) in [6.45, 7) is 3.97. The van der Waals surface area contributed by atoms with Crippen LogP contribution in [0, 0.1) is 6.92 Å². The Balaban J connectivity index is 1.36. The molecule has 2 aliphatic rings. The number of nitrogens with zero attached hydrogens (tertiary/aromatic N) is 4. The van der Waals surface area contributed by atoms with E-state index in [1.165, 1.54) is 6.33 Å². The summed E-state index contributed by atoms with van der Waals surface area (Å²) in [5.74, 6) is 0.633. The van der Waals surface area contributed by atoms with Crippen LogP contribution in [0.4, 0.5) is 0 Å². The summed E-state index contributed by atoms with van der Waals surface area (Å²) in [5, 5.41) is 0. The number of piperidine rings is 1. The molecule has 0 aliphatic carbocycles. The van der Waals surface area contributed by atoms with Gasteiger partial charge in [-0.1, -0.05) is 6.07 Å². The van der Waals surface area contributed by atoms with Crippen molar-refractivity contribution in [2.75, 3.05) is 19.7 Å². The number of hydrogen-bond acceptors (Lipinski definition) is 6. The number of aryl methyl sites for hydroxylation is 1. The number of amides is 1. The van der Waals surface area contributed by atoms with Crippen LogP contribution in [0.2, 0.25) is 0 Å². The van der Waals surface area contributed by atoms with Crippen molar-refractivity contribution in [3.8, 4) is 5.88 Å². The van der Waals surface area contributed by atoms with Crippen molar-refractivity contribution in [2.45, 2.75) is 44.3 Å². The summed E-state index contributed by atoms with van der Waals surface area (Å²) in [7, 11) is 0. The topological polar surface area (TPSA) is 77.4 Å². The monoisotopic (exact) mass is 368 g/mol. The van der Waals surface area contributed by atoms with Crippen LogP contribution in [-0.4, -0.2) is 57.2 Å². The molecule has 0 radical (unpaired) electrons. The summed E-state index contributed by atoms with van der Waals surface area (Å²) >= 11 is 0. The molecule has 1 unspecified atom stereocenters. The molecule has 4 heterocycles. The Hall–Kier alpha value is -2.54. The van der Waals surface area contributed by atoms with Crippen molar-refractivity contribution in [1.29, 1.82) is 0 Å². The molecular formula is C20H24N4O3. The molecule has 2 fully saturated rings. The van der Waals surface area contributed by atoms with E-state index in [9.17, 15) is 4.79 Å². The Labute approximate surface area is 158 Å². The van der Waals surface area contributed by atoms with Crippen molar-refractivity contribution < 1.29 is 14.3 Å². The maximum Gasteiger partial charge on any atom is 0.272 e. The Kier molecular flexibility index (Phi) is 5.03. The van der Waals surface area contributed by atoms with Gasteiger partial charge in [-0.3, -0.25) is 4.79 Å². The van der Waals surface area contributed by atoms with Crippen LogP contribution in [0.5, 0.6) is 5.88 Å². The number of rotatable bonds is 3. The van der Waals surface area contributed by atoms with E-state index in [0.29, 0.717) is 31.3 Å². The first-order valence-electron chi connectivity index (χ1n) is 9.43. The van der Waals surface area contributed by atoms with Crippen LogP contribution in [0.25, 0.3) is 0 Å². The van der Waals surface area contributed by atoms with Crippen molar-refractivity contribution in [3.63, 3.8) is 0 Å². The normalized spacial score (nSPS) is 21.8. The summed E-state index contributed by atoms with van der Waals surface area (Å²) < 4.78 is 12.3. The highest BCUT2D eigenvalue weighted by molar-refractivity contribution is 5.92. The van der Waals surface area contributed by atoms with E-state index in [-0.39, 0.29) is 17.6 Å². The molecule has 0 aromatic carbocycles. The minimum atomic E-state index is -0.213. The zero-order valence-corrected chi connectivity index (χ0v) is 15.5. The minimum absolute atomic E-state index is 0.0418. The van der Waals surface area contributed by atoms with Gasteiger partial charge in [-0.25, -0.2) is 15.0 Å². The average Bonchev–Trinajstić information content (AvgIpc) is 2.69. The number of hydrogen-bond donors (Lipinski definition) is 0. The predicted molar refractivity (Wildman–Crippen MR) is 98.5 cm³/mol. The van der Waals surface area contributed by atoms with Crippen LogP contribution in [0.15, 0.2) is 36.8 Å². The zero-order chi connectivity index (χ0) is 18.7. The van der Waals surface area contributed by atoms with Crippen molar-refractivity contribution >= 4 is 5.91 Å². The van der Waals surface area contributed by atoms with Crippen LogP contribution in [-0.2, 0) is 4.74 Å². The van der Waals surface area contributed by atoms with Gasteiger partial charge in [-0.15, -0.1) is 0 Å². The van der Waals surface area contributed by atoms with Crippen molar-refractivity contribution in [3.05, 3.63) is 48.2 Å². The van der Waals surface area contributed by atoms with Gasteiger partial charge in [0, 0.05) is 43.9 Å². The second-order valence-electron chi connectivity index (χ2n) is 7.27. The number of aromatic nitrogens is 3. The van der Waals surface area contributed by atoms with Gasteiger partial charge < -0.3 is 14.4 Å². The third kappa shape index (κ3) is 4.08. The largest absolute Gasteiger partial charge is 0.474 e. The second-order valence-corrected chi connectivity index (χ2v) is 7.27. The molecule has 142 valence electrons. The third-order valence-electron chi connectivity index (χ3n) is 5.36. The number of ether oxygens (including phenoxy) is 2. The fraction of sp³-hybridized carbons (Fsp3) is 0.500. The lowest BCUT2D eigenvalue weighted by atomic mass is 9.83. The molecule has 2 aromatic rings. The highest BCUT2D eigenvalue weighted by atomic mass is 16.5. The number of carbonyl (C=O) groups is 1. The van der Waals surface area contributed by atoms with E-state index < -0.39 is 0 Å². The molecule has 2 aliphatic heterocycles. The number of pyridine rings is 1. The molecule has 2 aromatic heterocycles. The first-order chi connectivity index (χ1) is 13.1. The molecule has 0 saturated carbocycles. The summed E-state index contributed by atoms with van der Waals surface area (Å²) in [6.07, 6.45) is 6.41. The summed E-state index contributed by atoms with van der Waals surface area (Å²) in [5.41, 5.74) is 1.18. The summed E-state index contributed by atoms with van der Waals surface area (Å²) in [6, 6.07) is 7.48. The lowest BCUT2D eigenvalue weighted by Crippen LogP contribution is -2.52. The van der Waals surface area contributed by atoms with Gasteiger partial charge >= 0.3 is 0 Å². The molecule has 7 heteroatoms. The molecular weight excluding hydrogens is 344 g/mol. The van der Waals surface area contributed by atoms with Crippen LogP contribution >= 0.6 is 0 Å². The molecule has 1 spiro atoms. The molecule has 27 heavy (non-hydrogen) atoms. The first-order valence-corrected chi connectivity index (χ1v) is 9.43. The van der Waals surface area contributed by atoms with Crippen LogP contribution < -0.4 is 4.74 Å². The van der Waals surface area contributed by atoms with Gasteiger partial charge in [-0.05, 0) is 31.9 Å². The Morgan fingerprint density at radius 3 is 2.89 bits per heavy atom. The fourth-order valence-corrected chi connectivity index (χ4v) is 3.88. The van der Waals surface area contributed by atoms with E-state index in [1.807, 2.05) is 30.0 Å². The number of carbonyl (C=O) groups excluding carboxylic acids is 1. The quantitative estimate of drug-likeness (QED) is 0.828. The SMILES string of the molecule is Cc1cccc(OC2CCOC3(CCN(C(=O)c4ccncn4)CC3)C2)n1. The van der Waals surface area contributed by atoms with Crippen LogP contribution in [0.1, 0.15) is 41.9 Å². The highest BCUT2D eigenvalue weighted by Crippen LogP contribution is 2.36. The molecule has 7 nitrogen and oxygen atoms in total. The third-order valence-corrected chi connectivity index (χ3v) is 5.36. The molecule has 0 N–H and O–H groups in total. The van der Waals surface area contributed by atoms with Crippen molar-refractivity contribution in [1.82, 2.24) is 19.9 Å². The van der Waals surface area contributed by atoms with Crippen LogP contribution in [0.3, 0.4) is 0 Å². The molecule has 1 atom stereocenters. The Morgan fingerprint density at radius 1 is 1.30 bits per heavy atom. The van der Waals surface area contributed by atoms with Gasteiger partial charge in [0.1, 0.15) is 18.1 Å². The lowest BCUT2D eigenvalue weighted by Gasteiger charge is -2.45. The first kappa shape index (κ1) is 17.9. The van der Waals surface area contributed by atoms with E-state index in [4.69, 9.17) is 9.47 Å². The standard InChI is InChI=1S/C20H24N4O3/c1-15-3-2-4-18(23-15)27-16-6-12-26-20(13-16)7-10-24(11-8-20)19(25)17-5-9-21-14-22-17/h2-5,9,14,16H,6-8,10-13H2,1H3. The summed E-state index contributed by atoms with van der Waals surface area (Å²) in [4.78, 5) is 26.8. The number of likely N-dealkylation sites (tertiary alicyclic amines) is 1. The van der Waals surface area contributed by atoms with Crippen molar-refractivity contribution in [2.24, 2.45) is 0 Å². The van der Waals surface area contributed by atoms with Gasteiger partial charge in [0.25, 0.3) is 5.91 Å².